The Morgan fingerprint density at radius 1 is 0.909 bits per heavy atom. The van der Waals surface area contributed by atoms with Gasteiger partial charge in [0.1, 0.15) is 12.6 Å². The molecule has 0 radical (unpaired) electrons. The van der Waals surface area contributed by atoms with Gasteiger partial charge in [0.15, 0.2) is 0 Å². The summed E-state index contributed by atoms with van der Waals surface area (Å²) in [5, 5.41) is 27.8. The average molecular weight is 629 g/mol. The molecular formula is C28H32N6O9S. The zero-order valence-electron chi connectivity index (χ0n) is 24.1. The Bertz CT molecular complexity index is 1680. The highest BCUT2D eigenvalue weighted by molar-refractivity contribution is 7.89. The van der Waals surface area contributed by atoms with Gasteiger partial charge in [-0.25, -0.2) is 8.42 Å². The van der Waals surface area contributed by atoms with Gasteiger partial charge in [-0.15, -0.1) is 0 Å². The molecule has 0 bridgehead atoms. The number of benzene rings is 3. The molecule has 0 fully saturated rings. The van der Waals surface area contributed by atoms with Crippen LogP contribution in [0.3, 0.4) is 0 Å². The second-order valence-corrected chi connectivity index (χ2v) is 11.6. The second kappa shape index (κ2) is 14.4. The first-order valence-electron chi connectivity index (χ1n) is 13.2. The Balaban J connectivity index is 1.66. The lowest BCUT2D eigenvalue weighted by atomic mass is 10.0. The summed E-state index contributed by atoms with van der Waals surface area (Å²) in [4.78, 5) is 60.9. The van der Waals surface area contributed by atoms with E-state index < -0.39 is 63.8 Å². The minimum atomic E-state index is -4.17. The molecule has 3 rings (SSSR count). The van der Waals surface area contributed by atoms with Crippen molar-refractivity contribution < 1.29 is 37.6 Å². The smallest absolute Gasteiger partial charge is 0.322 e. The van der Waals surface area contributed by atoms with E-state index in [9.17, 15) is 37.7 Å². The van der Waals surface area contributed by atoms with Crippen molar-refractivity contribution in [3.8, 4) is 0 Å². The Labute approximate surface area is 252 Å². The highest BCUT2D eigenvalue weighted by Gasteiger charge is 2.26. The molecule has 16 heteroatoms. The maximum absolute atomic E-state index is 13.2. The van der Waals surface area contributed by atoms with Gasteiger partial charge in [-0.1, -0.05) is 36.4 Å². The van der Waals surface area contributed by atoms with Crippen LogP contribution in [0.25, 0.3) is 10.8 Å². The van der Waals surface area contributed by atoms with Gasteiger partial charge in [-0.3, -0.25) is 29.3 Å². The predicted molar refractivity (Wildman–Crippen MR) is 160 cm³/mol. The summed E-state index contributed by atoms with van der Waals surface area (Å²) in [6, 6.07) is 12.7. The van der Waals surface area contributed by atoms with Crippen molar-refractivity contribution in [2.75, 3.05) is 32.1 Å². The fourth-order valence-corrected chi connectivity index (χ4v) is 5.71. The number of nitrogens with zero attached hydrogens (tertiary/aromatic N) is 2. The molecule has 3 aromatic carbocycles. The number of hydrogen-bond acceptors (Lipinski definition) is 9. The van der Waals surface area contributed by atoms with Crippen molar-refractivity contribution in [3.05, 3.63) is 76.3 Å². The average Bonchev–Trinajstić information content (AvgIpc) is 2.97. The van der Waals surface area contributed by atoms with Crippen molar-refractivity contribution in [2.24, 2.45) is 0 Å². The number of carbonyl (C=O) groups is 4. The van der Waals surface area contributed by atoms with Gasteiger partial charge >= 0.3 is 5.97 Å². The number of hydrogen-bond donors (Lipinski definition) is 5. The number of carbonyl (C=O) groups excluding carboxylic acids is 3. The first kappa shape index (κ1) is 33.4. The summed E-state index contributed by atoms with van der Waals surface area (Å²) in [5.41, 5.74) is 1.06. The Kier molecular flexibility index (Phi) is 10.9. The lowest BCUT2D eigenvalue weighted by molar-refractivity contribution is -0.384. The van der Waals surface area contributed by atoms with E-state index in [0.29, 0.717) is 16.3 Å². The summed E-state index contributed by atoms with van der Waals surface area (Å²) < 4.78 is 28.8. The monoisotopic (exact) mass is 628 g/mol. The number of rotatable bonds is 14. The number of sulfonamides is 1. The van der Waals surface area contributed by atoms with Gasteiger partial charge in [0.05, 0.1) is 22.4 Å². The Morgan fingerprint density at radius 3 is 2.14 bits per heavy atom. The number of carboxylic acid groups (broad SMARTS) is 1. The number of nitro benzene ring substituents is 1. The van der Waals surface area contributed by atoms with Crippen LogP contribution in [0.4, 0.5) is 11.4 Å². The van der Waals surface area contributed by atoms with Gasteiger partial charge < -0.3 is 26.0 Å². The third-order valence-electron chi connectivity index (χ3n) is 6.43. The van der Waals surface area contributed by atoms with E-state index in [-0.39, 0.29) is 17.0 Å². The summed E-state index contributed by atoms with van der Waals surface area (Å²) in [5.74, 6) is -3.79. The van der Waals surface area contributed by atoms with Gasteiger partial charge in [-0.05, 0) is 24.6 Å². The maximum atomic E-state index is 13.2. The second-order valence-electron chi connectivity index (χ2n) is 9.94. The number of non-ortho nitro benzene ring substituents is 1. The third kappa shape index (κ3) is 8.71. The predicted octanol–water partition coefficient (Wildman–Crippen LogP) is 0.525. The van der Waals surface area contributed by atoms with Gasteiger partial charge in [-0.2, -0.15) is 4.72 Å². The molecule has 0 aliphatic heterocycles. The van der Waals surface area contributed by atoms with Crippen molar-refractivity contribution in [1.82, 2.24) is 20.7 Å². The molecule has 0 aliphatic rings. The Hall–Kier alpha value is -5.09. The molecule has 0 saturated carbocycles. The number of aliphatic carboxylic acids is 1. The third-order valence-corrected chi connectivity index (χ3v) is 8.03. The number of fused-ring (bicyclic) bond motifs is 1. The molecule has 0 aliphatic carbocycles. The van der Waals surface area contributed by atoms with Crippen LogP contribution in [0, 0.1) is 10.1 Å². The molecule has 5 N–H and O–H groups in total. The number of amides is 3. The SMILES string of the molecule is CC(NS(=O)(=O)c1cccc2c(N(C)C)cccc12)C(=O)NCC(=O)NC(Cc1ccc([N+](=O)[O-])cc1)C(=O)NCC(=O)O. The van der Waals surface area contributed by atoms with Crippen LogP contribution >= 0.6 is 0 Å². The quantitative estimate of drug-likeness (QED) is 0.123. The van der Waals surface area contributed by atoms with E-state index >= 15 is 0 Å². The first-order valence-corrected chi connectivity index (χ1v) is 14.7. The standard InChI is InChI=1S/C28H32N6O9S/c1-17(32-44(42,43)24-9-5-6-20-21(24)7-4-8-23(20)33(2)3)27(38)29-15-25(35)31-22(28(39)30-16-26(36)37)14-18-10-12-19(13-11-18)34(40)41/h4-13,17,22,32H,14-16H2,1-3H3,(H,29,38)(H,30,39)(H,31,35)(H,36,37). The fraction of sp³-hybridized carbons (Fsp3) is 0.286. The van der Waals surface area contributed by atoms with E-state index in [4.69, 9.17) is 5.11 Å². The van der Waals surface area contributed by atoms with Gasteiger partial charge in [0.25, 0.3) is 5.69 Å². The molecule has 2 unspecified atom stereocenters. The van der Waals surface area contributed by atoms with Crippen LogP contribution in [-0.4, -0.2) is 81.4 Å². The van der Waals surface area contributed by atoms with Crippen molar-refractivity contribution in [2.45, 2.75) is 30.3 Å². The lowest BCUT2D eigenvalue weighted by Crippen LogP contribution is -2.52. The summed E-state index contributed by atoms with van der Waals surface area (Å²) in [6.07, 6.45) is -0.139. The van der Waals surface area contributed by atoms with E-state index in [1.807, 2.05) is 25.1 Å². The molecule has 3 amide bonds. The molecule has 0 aromatic heterocycles. The van der Waals surface area contributed by atoms with Crippen LogP contribution in [0.15, 0.2) is 65.6 Å². The van der Waals surface area contributed by atoms with E-state index in [1.54, 1.807) is 24.3 Å². The highest BCUT2D eigenvalue weighted by Crippen LogP contribution is 2.30. The molecule has 234 valence electrons. The molecule has 15 nitrogen and oxygen atoms in total. The molecule has 3 aromatic rings. The van der Waals surface area contributed by atoms with Crippen LogP contribution in [0.1, 0.15) is 12.5 Å². The van der Waals surface area contributed by atoms with E-state index in [0.717, 1.165) is 5.69 Å². The topological polar surface area (TPSA) is 217 Å². The van der Waals surface area contributed by atoms with Gasteiger partial charge in [0.2, 0.25) is 27.7 Å². The normalized spacial score (nSPS) is 12.5. The van der Waals surface area contributed by atoms with E-state index in [1.165, 1.54) is 37.3 Å². The number of nitro groups is 1. The molecule has 44 heavy (non-hydrogen) atoms. The minimum Gasteiger partial charge on any atom is -0.480 e. The van der Waals surface area contributed by atoms with E-state index in [2.05, 4.69) is 20.7 Å². The fourth-order valence-electron chi connectivity index (χ4n) is 4.29. The molecule has 2 atom stereocenters. The zero-order chi connectivity index (χ0) is 32.6. The minimum absolute atomic E-state index is 0.0300. The Morgan fingerprint density at radius 2 is 1.52 bits per heavy atom. The maximum Gasteiger partial charge on any atom is 0.322 e. The van der Waals surface area contributed by atoms with Gasteiger partial charge in [0, 0.05) is 49.1 Å². The molecular weight excluding hydrogens is 596 g/mol. The van der Waals surface area contributed by atoms with Crippen LogP contribution in [0.2, 0.25) is 0 Å². The highest BCUT2D eigenvalue weighted by atomic mass is 32.2. The lowest BCUT2D eigenvalue weighted by Gasteiger charge is -2.20. The zero-order valence-corrected chi connectivity index (χ0v) is 24.9. The largest absolute Gasteiger partial charge is 0.480 e. The molecule has 0 saturated heterocycles. The summed E-state index contributed by atoms with van der Waals surface area (Å²) >= 11 is 0. The summed E-state index contributed by atoms with van der Waals surface area (Å²) in [7, 11) is -0.511. The molecule has 0 heterocycles. The van der Waals surface area contributed by atoms with Crippen molar-refractivity contribution in [3.63, 3.8) is 0 Å². The molecule has 0 spiro atoms. The van der Waals surface area contributed by atoms with Crippen molar-refractivity contribution in [1.29, 1.82) is 0 Å². The summed E-state index contributed by atoms with van der Waals surface area (Å²) in [6.45, 7) is -0.0424. The number of nitrogens with one attached hydrogen (secondary N) is 4. The van der Waals surface area contributed by atoms with Crippen LogP contribution in [0.5, 0.6) is 0 Å². The number of carboxylic acids is 1. The first-order chi connectivity index (χ1) is 20.7. The number of anilines is 1. The van der Waals surface area contributed by atoms with Crippen molar-refractivity contribution >= 4 is 55.9 Å². The van der Waals surface area contributed by atoms with Crippen LogP contribution in [-0.2, 0) is 35.6 Å². The van der Waals surface area contributed by atoms with Crippen LogP contribution < -0.4 is 25.6 Å².